The molecule has 1 heterocycles. The minimum absolute atomic E-state index is 0.0361. The predicted octanol–water partition coefficient (Wildman–Crippen LogP) is 6.07. The van der Waals surface area contributed by atoms with Crippen LogP contribution in [0.15, 0.2) is 41.4 Å². The number of likely N-dealkylation sites (N-methyl/N-ethyl adjacent to an activating group) is 1. The van der Waals surface area contributed by atoms with Crippen LogP contribution >= 0.6 is 22.9 Å². The zero-order valence-electron chi connectivity index (χ0n) is 23.4. The summed E-state index contributed by atoms with van der Waals surface area (Å²) in [4.78, 5) is 15.9. The average Bonchev–Trinajstić information content (AvgIpc) is 3.53. The number of sulfonamides is 1. The van der Waals surface area contributed by atoms with Gasteiger partial charge < -0.3 is 24.8 Å². The van der Waals surface area contributed by atoms with E-state index in [0.717, 1.165) is 35.5 Å². The Morgan fingerprint density at radius 2 is 1.95 bits per heavy atom. The van der Waals surface area contributed by atoms with Gasteiger partial charge in [-0.25, -0.2) is 26.9 Å². The highest BCUT2D eigenvalue weighted by Crippen LogP contribution is 2.49. The van der Waals surface area contributed by atoms with E-state index in [2.05, 4.69) is 17.2 Å². The molecule has 1 aliphatic carbocycles. The summed E-state index contributed by atoms with van der Waals surface area (Å²) >= 11 is 6.91. The van der Waals surface area contributed by atoms with Gasteiger partial charge in [-0.05, 0) is 48.9 Å². The second-order valence-corrected chi connectivity index (χ2v) is 13.5. The van der Waals surface area contributed by atoms with Crippen molar-refractivity contribution in [3.8, 4) is 11.5 Å². The number of benzene rings is 2. The van der Waals surface area contributed by atoms with Crippen molar-refractivity contribution in [2.24, 2.45) is 5.41 Å². The lowest BCUT2D eigenvalue weighted by Gasteiger charge is -2.29. The maximum atomic E-state index is 15.5. The second kappa shape index (κ2) is 12.5. The molecule has 0 aliphatic heterocycles. The predicted molar refractivity (Wildman–Crippen MR) is 156 cm³/mol. The number of nitrogens with one attached hydrogen (secondary N) is 1. The van der Waals surface area contributed by atoms with Gasteiger partial charge in [0.2, 0.25) is 5.13 Å². The van der Waals surface area contributed by atoms with Gasteiger partial charge in [-0.1, -0.05) is 29.9 Å². The summed E-state index contributed by atoms with van der Waals surface area (Å²) < 4.78 is 68.6. The van der Waals surface area contributed by atoms with E-state index in [-0.39, 0.29) is 34.3 Å². The van der Waals surface area contributed by atoms with Crippen LogP contribution < -0.4 is 19.1 Å². The SMILES string of the molecule is COc1ccc(CN(c2ncc(F)s2)S(=O)(=O)c2cc(Cl)c(NC[C@@H](CC3(C)CC3)N(C)C(=O)O)cc2F)c(OC)c1. The fourth-order valence-electron chi connectivity index (χ4n) is 4.45. The van der Waals surface area contributed by atoms with Crippen molar-refractivity contribution in [3.05, 3.63) is 58.1 Å². The van der Waals surface area contributed by atoms with Gasteiger partial charge in [-0.3, -0.25) is 0 Å². The van der Waals surface area contributed by atoms with Gasteiger partial charge >= 0.3 is 6.09 Å². The van der Waals surface area contributed by atoms with E-state index in [1.54, 1.807) is 18.2 Å². The van der Waals surface area contributed by atoms with Crippen molar-refractivity contribution in [2.75, 3.05) is 37.4 Å². The molecule has 10 nitrogen and oxygen atoms in total. The van der Waals surface area contributed by atoms with Crippen molar-refractivity contribution in [1.82, 2.24) is 9.88 Å². The van der Waals surface area contributed by atoms with Gasteiger partial charge in [0.05, 0.1) is 43.7 Å². The summed E-state index contributed by atoms with van der Waals surface area (Å²) in [5.74, 6) is -0.345. The molecule has 228 valence electrons. The quantitative estimate of drug-likeness (QED) is 0.230. The van der Waals surface area contributed by atoms with Gasteiger partial charge in [0, 0.05) is 25.2 Å². The van der Waals surface area contributed by atoms with Gasteiger partial charge in [0.25, 0.3) is 10.0 Å². The van der Waals surface area contributed by atoms with Gasteiger partial charge in [-0.2, -0.15) is 4.39 Å². The first-order valence-corrected chi connectivity index (χ1v) is 15.4. The van der Waals surface area contributed by atoms with E-state index in [0.29, 0.717) is 34.8 Å². The summed E-state index contributed by atoms with van der Waals surface area (Å²) in [6.45, 7) is 1.84. The molecule has 1 saturated carbocycles. The van der Waals surface area contributed by atoms with Crippen molar-refractivity contribution >= 4 is 49.9 Å². The average molecular weight is 645 g/mol. The number of nitrogens with zero attached hydrogens (tertiary/aromatic N) is 3. The Hall–Kier alpha value is -3.36. The number of hydrogen-bond acceptors (Lipinski definition) is 8. The third-order valence-electron chi connectivity index (χ3n) is 7.29. The monoisotopic (exact) mass is 644 g/mol. The molecule has 4 rings (SSSR count). The van der Waals surface area contributed by atoms with E-state index in [4.69, 9.17) is 21.1 Å². The summed E-state index contributed by atoms with van der Waals surface area (Å²) in [7, 11) is -0.340. The zero-order valence-corrected chi connectivity index (χ0v) is 25.7. The van der Waals surface area contributed by atoms with Crippen molar-refractivity contribution in [2.45, 2.75) is 43.7 Å². The number of carboxylic acid groups (broad SMARTS) is 1. The van der Waals surface area contributed by atoms with Gasteiger partial charge in [-0.15, -0.1) is 0 Å². The summed E-state index contributed by atoms with van der Waals surface area (Å²) in [6.07, 6.45) is 2.35. The maximum Gasteiger partial charge on any atom is 0.407 e. The number of hydrogen-bond donors (Lipinski definition) is 2. The Kier molecular flexibility index (Phi) is 9.38. The summed E-state index contributed by atoms with van der Waals surface area (Å²) in [6, 6.07) is 6.22. The van der Waals surface area contributed by atoms with Crippen LogP contribution in [0, 0.1) is 16.4 Å². The lowest BCUT2D eigenvalue weighted by molar-refractivity contribution is 0.133. The molecule has 2 aromatic carbocycles. The van der Waals surface area contributed by atoms with Crippen molar-refractivity contribution < 1.29 is 36.6 Å². The number of thiazole rings is 1. The lowest BCUT2D eigenvalue weighted by atomic mass is 9.98. The molecule has 15 heteroatoms. The third kappa shape index (κ3) is 6.98. The number of halogens is 3. The fraction of sp³-hybridized carbons (Fsp3) is 0.407. The highest BCUT2D eigenvalue weighted by Gasteiger charge is 2.41. The Morgan fingerprint density at radius 3 is 2.52 bits per heavy atom. The smallest absolute Gasteiger partial charge is 0.407 e. The van der Waals surface area contributed by atoms with Gasteiger partial charge in [0.1, 0.15) is 22.2 Å². The molecule has 42 heavy (non-hydrogen) atoms. The minimum atomic E-state index is -4.67. The number of rotatable bonds is 13. The Morgan fingerprint density at radius 1 is 1.24 bits per heavy atom. The number of anilines is 2. The lowest BCUT2D eigenvalue weighted by Crippen LogP contribution is -2.42. The molecule has 0 unspecified atom stereocenters. The van der Waals surface area contributed by atoms with Crippen LogP contribution in [0.5, 0.6) is 11.5 Å². The van der Waals surface area contributed by atoms with Crippen LogP contribution in [0.4, 0.5) is 24.4 Å². The molecule has 0 saturated heterocycles. The molecule has 1 aliphatic rings. The molecular weight excluding hydrogens is 614 g/mol. The molecule has 3 aromatic rings. The van der Waals surface area contributed by atoms with Crippen LogP contribution in [0.25, 0.3) is 0 Å². The van der Waals surface area contributed by atoms with E-state index < -0.39 is 38.0 Å². The Bertz CT molecular complexity index is 1570. The largest absolute Gasteiger partial charge is 0.497 e. The number of amides is 1. The van der Waals surface area contributed by atoms with Crippen molar-refractivity contribution in [3.63, 3.8) is 0 Å². The number of ether oxygens (including phenoxy) is 2. The molecular formula is C27H31ClF2N4O6S2. The van der Waals surface area contributed by atoms with Crippen LogP contribution in [0.1, 0.15) is 31.7 Å². The molecule has 1 atom stereocenters. The number of aromatic nitrogens is 1. The standard InChI is InChI=1S/C27H31ClF2N4O6S2/c1-27(7-8-27)12-17(33(2)26(35)36)13-31-21-11-20(29)23(10-19(21)28)42(37,38)34(25-32-14-24(30)41-25)15-16-5-6-18(39-3)9-22(16)40-4/h5-6,9-11,14,17,31H,7-8,12-13,15H2,1-4H3,(H,35,36)/t17-/m1/s1. The second-order valence-electron chi connectivity index (χ2n) is 10.3. The maximum absolute atomic E-state index is 15.5. The fourth-order valence-corrected chi connectivity index (χ4v) is 7.07. The highest BCUT2D eigenvalue weighted by molar-refractivity contribution is 7.93. The molecule has 1 fully saturated rings. The Balaban J connectivity index is 1.65. The van der Waals surface area contributed by atoms with E-state index in [9.17, 15) is 22.7 Å². The molecule has 1 amide bonds. The van der Waals surface area contributed by atoms with E-state index in [1.807, 2.05) is 0 Å². The highest BCUT2D eigenvalue weighted by atomic mass is 35.5. The van der Waals surface area contributed by atoms with Crippen LogP contribution in [-0.2, 0) is 16.6 Å². The van der Waals surface area contributed by atoms with Crippen LogP contribution in [-0.4, -0.2) is 63.4 Å². The van der Waals surface area contributed by atoms with Crippen LogP contribution in [0.2, 0.25) is 5.02 Å². The molecule has 1 aromatic heterocycles. The van der Waals surface area contributed by atoms with Crippen LogP contribution in [0.3, 0.4) is 0 Å². The third-order valence-corrected chi connectivity index (χ3v) is 10.3. The minimum Gasteiger partial charge on any atom is -0.497 e. The van der Waals surface area contributed by atoms with Crippen molar-refractivity contribution in [1.29, 1.82) is 0 Å². The Labute approximate surface area is 251 Å². The molecule has 0 radical (unpaired) electrons. The first-order chi connectivity index (χ1) is 19.8. The summed E-state index contributed by atoms with van der Waals surface area (Å²) in [5, 5.41) is 11.4. The molecule has 0 bridgehead atoms. The first-order valence-electron chi connectivity index (χ1n) is 12.8. The zero-order chi connectivity index (χ0) is 30.8. The van der Waals surface area contributed by atoms with Gasteiger partial charge in [0.15, 0.2) is 5.13 Å². The number of methoxy groups -OCH3 is 2. The molecule has 2 N–H and O–H groups in total. The first kappa shape index (κ1) is 31.6. The number of carbonyl (C=O) groups is 1. The topological polar surface area (TPSA) is 121 Å². The summed E-state index contributed by atoms with van der Waals surface area (Å²) in [5.41, 5.74) is 0.524. The normalized spacial score (nSPS) is 14.6. The van der Waals surface area contributed by atoms with E-state index in [1.165, 1.54) is 26.2 Å². The van der Waals surface area contributed by atoms with E-state index >= 15 is 4.39 Å². The molecule has 0 spiro atoms.